The fourth-order valence-corrected chi connectivity index (χ4v) is 1.98. The van der Waals surface area contributed by atoms with Crippen LogP contribution in [0.5, 0.6) is 11.5 Å². The molecule has 0 atom stereocenters. The first-order valence-corrected chi connectivity index (χ1v) is 7.57. The van der Waals surface area contributed by atoms with E-state index in [4.69, 9.17) is 9.47 Å². The van der Waals surface area contributed by atoms with Gasteiger partial charge in [0.25, 0.3) is 0 Å². The van der Waals surface area contributed by atoms with Crippen molar-refractivity contribution in [2.75, 3.05) is 0 Å². The summed E-state index contributed by atoms with van der Waals surface area (Å²) in [4.78, 5) is 21.9. The number of carbonyl (C=O) groups is 2. The highest BCUT2D eigenvalue weighted by molar-refractivity contribution is 5.93. The lowest BCUT2D eigenvalue weighted by molar-refractivity contribution is -0.133. The minimum Gasteiger partial charge on any atom is -0.461 e. The van der Waals surface area contributed by atoms with Crippen LogP contribution >= 0.6 is 0 Å². The second-order valence-electron chi connectivity index (χ2n) is 4.82. The van der Waals surface area contributed by atoms with Crippen molar-refractivity contribution in [3.8, 4) is 11.5 Å². The quantitative estimate of drug-likeness (QED) is 0.395. The molecule has 2 aromatic rings. The first-order valence-electron chi connectivity index (χ1n) is 7.57. The van der Waals surface area contributed by atoms with Crippen molar-refractivity contribution in [3.05, 3.63) is 86.5 Å². The second-order valence-corrected chi connectivity index (χ2v) is 4.82. The lowest BCUT2D eigenvalue weighted by Gasteiger charge is -2.09. The van der Waals surface area contributed by atoms with Crippen LogP contribution in [-0.4, -0.2) is 11.9 Å². The average Bonchev–Trinajstić information content (AvgIpc) is 2.68. The third kappa shape index (κ3) is 5.57. The van der Waals surface area contributed by atoms with Crippen LogP contribution in [0.3, 0.4) is 0 Å². The maximum Gasteiger partial charge on any atom is 0.335 e. The van der Waals surface area contributed by atoms with E-state index in [0.717, 1.165) is 37.2 Å². The lowest BCUT2D eigenvalue weighted by Crippen LogP contribution is -1.94. The van der Waals surface area contributed by atoms with Crippen molar-refractivity contribution in [1.29, 1.82) is 0 Å². The number of rotatable bonds is 8. The smallest absolute Gasteiger partial charge is 0.335 e. The highest BCUT2D eigenvalue weighted by atomic mass is 19.1. The molecule has 0 saturated carbocycles. The maximum absolute atomic E-state index is 14.0. The maximum atomic E-state index is 14.0. The van der Waals surface area contributed by atoms with Gasteiger partial charge >= 0.3 is 11.9 Å². The summed E-state index contributed by atoms with van der Waals surface area (Å²) in [6, 6.07) is 7.42. The number of fused-ring (bicyclic) bond motifs is 1. The molecule has 0 unspecified atom stereocenters. The van der Waals surface area contributed by atoms with Gasteiger partial charge in [0.15, 0.2) is 0 Å². The molecule has 6 nitrogen and oxygen atoms in total. The van der Waals surface area contributed by atoms with Crippen molar-refractivity contribution in [1.82, 2.24) is 0 Å². The van der Waals surface area contributed by atoms with E-state index in [1.165, 1.54) is 12.1 Å². The van der Waals surface area contributed by atoms with E-state index in [1.54, 1.807) is 18.2 Å². The molecule has 0 heterocycles. The Bertz CT molecular complexity index is 929. The Morgan fingerprint density at radius 2 is 1.41 bits per heavy atom. The highest BCUT2D eigenvalue weighted by Gasteiger charge is 2.09. The van der Waals surface area contributed by atoms with Gasteiger partial charge in [0.05, 0.1) is 0 Å². The molecule has 0 aliphatic carbocycles. The third-order valence-electron chi connectivity index (χ3n) is 3.09. The first kappa shape index (κ1) is 19.5. The summed E-state index contributed by atoms with van der Waals surface area (Å²) in [5.41, 5.74) is 0. The zero-order chi connectivity index (χ0) is 19.6. The fraction of sp³-hybridized carbons (Fsp3) is 0. The van der Waals surface area contributed by atoms with E-state index in [9.17, 15) is 14.0 Å². The zero-order valence-electron chi connectivity index (χ0n) is 14.1. The van der Waals surface area contributed by atoms with E-state index >= 15 is 0 Å². The van der Waals surface area contributed by atoms with Gasteiger partial charge in [-0.25, -0.2) is 14.0 Å². The molecular weight excluding hydrogens is 355 g/mol. The van der Waals surface area contributed by atoms with Crippen molar-refractivity contribution in [2.24, 2.45) is 0 Å². The number of ether oxygens (including phenoxy) is 4. The largest absolute Gasteiger partial charge is 0.461 e. The van der Waals surface area contributed by atoms with Crippen molar-refractivity contribution in [3.63, 3.8) is 0 Å². The SMILES string of the molecule is C=CC(=O)OC=COc1cc(F)cc2c(OC=COC(=O)C=C)cccc12. The summed E-state index contributed by atoms with van der Waals surface area (Å²) in [5, 5.41) is 0.966. The minimum atomic E-state index is -0.654. The molecule has 0 aliphatic rings. The topological polar surface area (TPSA) is 71.1 Å². The van der Waals surface area contributed by atoms with E-state index < -0.39 is 17.8 Å². The summed E-state index contributed by atoms with van der Waals surface area (Å²) >= 11 is 0. The Hall–Kier alpha value is -3.87. The van der Waals surface area contributed by atoms with Gasteiger partial charge < -0.3 is 18.9 Å². The van der Waals surface area contributed by atoms with Crippen LogP contribution in [0.25, 0.3) is 10.8 Å². The average molecular weight is 370 g/mol. The van der Waals surface area contributed by atoms with Gasteiger partial charge in [-0.15, -0.1) is 0 Å². The molecule has 138 valence electrons. The van der Waals surface area contributed by atoms with Crippen LogP contribution in [-0.2, 0) is 19.1 Å². The summed E-state index contributed by atoms with van der Waals surface area (Å²) in [5.74, 6) is -1.36. The van der Waals surface area contributed by atoms with Gasteiger partial charge in [-0.3, -0.25) is 0 Å². The molecule has 7 heteroatoms. The molecule has 27 heavy (non-hydrogen) atoms. The number of carbonyl (C=O) groups excluding carboxylic acids is 2. The third-order valence-corrected chi connectivity index (χ3v) is 3.09. The predicted molar refractivity (Wildman–Crippen MR) is 96.0 cm³/mol. The van der Waals surface area contributed by atoms with Crippen LogP contribution in [0.2, 0.25) is 0 Å². The Morgan fingerprint density at radius 1 is 0.815 bits per heavy atom. The minimum absolute atomic E-state index is 0.184. The second kappa shape index (κ2) is 9.57. The molecule has 0 aromatic heterocycles. The van der Waals surface area contributed by atoms with Crippen molar-refractivity contribution < 1.29 is 32.9 Å². The first-order chi connectivity index (χ1) is 13.0. The van der Waals surface area contributed by atoms with Crippen molar-refractivity contribution >= 4 is 22.7 Å². The molecule has 0 spiro atoms. The normalized spacial score (nSPS) is 10.7. The molecule has 0 aliphatic heterocycles. The Morgan fingerprint density at radius 3 is 2.00 bits per heavy atom. The van der Waals surface area contributed by atoms with Gasteiger partial charge in [0, 0.05) is 29.0 Å². The monoisotopic (exact) mass is 370 g/mol. The fourth-order valence-electron chi connectivity index (χ4n) is 1.98. The van der Waals surface area contributed by atoms with E-state index in [2.05, 4.69) is 22.6 Å². The number of hydrogen-bond acceptors (Lipinski definition) is 6. The number of hydrogen-bond donors (Lipinski definition) is 0. The Balaban J connectivity index is 2.23. The standard InChI is InChI=1S/C20H15FO6/c1-3-19(22)26-10-8-24-17-7-5-6-15-16(17)12-14(21)13-18(15)25-9-11-27-20(23)4-2/h3-13H,1-2H2. The zero-order valence-corrected chi connectivity index (χ0v) is 14.1. The number of esters is 2. The van der Waals surface area contributed by atoms with Gasteiger partial charge in [-0.1, -0.05) is 25.3 Å². The van der Waals surface area contributed by atoms with Gasteiger partial charge in [-0.05, 0) is 12.1 Å². The molecule has 0 N–H and O–H groups in total. The summed E-state index contributed by atoms with van der Waals surface area (Å²) in [7, 11) is 0. The van der Waals surface area contributed by atoms with Crippen LogP contribution in [0.1, 0.15) is 0 Å². The summed E-state index contributed by atoms with van der Waals surface area (Å²) in [6.45, 7) is 6.51. The molecule has 2 aromatic carbocycles. The molecule has 0 fully saturated rings. The number of halogens is 1. The molecule has 0 amide bonds. The van der Waals surface area contributed by atoms with E-state index in [1.807, 2.05) is 0 Å². The predicted octanol–water partition coefficient (Wildman–Crippen LogP) is 4.14. The Labute approximate surface area is 154 Å². The van der Waals surface area contributed by atoms with Gasteiger partial charge in [0.1, 0.15) is 42.4 Å². The highest BCUT2D eigenvalue weighted by Crippen LogP contribution is 2.33. The summed E-state index contributed by atoms with van der Waals surface area (Å²) < 4.78 is 34.0. The Kier molecular flexibility index (Phi) is 6.90. The lowest BCUT2D eigenvalue weighted by atomic mass is 10.1. The molecular formula is C20H15FO6. The van der Waals surface area contributed by atoms with Crippen molar-refractivity contribution in [2.45, 2.75) is 0 Å². The molecule has 2 rings (SSSR count). The van der Waals surface area contributed by atoms with E-state index in [-0.39, 0.29) is 5.75 Å². The molecule has 0 bridgehead atoms. The van der Waals surface area contributed by atoms with Gasteiger partial charge in [0.2, 0.25) is 0 Å². The number of benzene rings is 2. The van der Waals surface area contributed by atoms with Gasteiger partial charge in [-0.2, -0.15) is 0 Å². The van der Waals surface area contributed by atoms with Crippen LogP contribution in [0, 0.1) is 5.82 Å². The van der Waals surface area contributed by atoms with Crippen LogP contribution < -0.4 is 9.47 Å². The molecule has 0 radical (unpaired) electrons. The summed E-state index contributed by atoms with van der Waals surface area (Å²) in [6.07, 6.45) is 6.27. The van der Waals surface area contributed by atoms with Crippen LogP contribution in [0.15, 0.2) is 80.7 Å². The van der Waals surface area contributed by atoms with E-state index in [0.29, 0.717) is 16.5 Å². The molecule has 0 saturated heterocycles. The van der Waals surface area contributed by atoms with Crippen LogP contribution in [0.4, 0.5) is 4.39 Å².